The van der Waals surface area contributed by atoms with Crippen molar-refractivity contribution in [3.05, 3.63) is 66.4 Å². The van der Waals surface area contributed by atoms with Gasteiger partial charge in [-0.15, -0.1) is 0 Å². The zero-order valence-electron chi connectivity index (χ0n) is 11.1. The van der Waals surface area contributed by atoms with Crippen molar-refractivity contribution in [2.24, 2.45) is 0 Å². The van der Waals surface area contributed by atoms with E-state index in [1.165, 1.54) is 12.3 Å². The molecule has 0 atom stereocenters. The Morgan fingerprint density at radius 1 is 1.19 bits per heavy atom. The van der Waals surface area contributed by atoms with Crippen LogP contribution in [0.4, 0.5) is 0 Å². The van der Waals surface area contributed by atoms with Crippen LogP contribution < -0.4 is 5.32 Å². The molecule has 3 heterocycles. The summed E-state index contributed by atoms with van der Waals surface area (Å²) < 4.78 is 4.79. The summed E-state index contributed by atoms with van der Waals surface area (Å²) >= 11 is 0. The number of carbonyl (C=O) groups is 1. The third-order valence-corrected chi connectivity index (χ3v) is 2.90. The molecular formula is C15H12N4O2. The van der Waals surface area contributed by atoms with Gasteiger partial charge in [0, 0.05) is 36.8 Å². The molecule has 0 aliphatic heterocycles. The first-order valence-electron chi connectivity index (χ1n) is 6.37. The summed E-state index contributed by atoms with van der Waals surface area (Å²) in [5, 5.41) is 6.26. The highest BCUT2D eigenvalue weighted by molar-refractivity contribution is 5.91. The summed E-state index contributed by atoms with van der Waals surface area (Å²) in [5.74, 6) is -0.108. The summed E-state index contributed by atoms with van der Waals surface area (Å²) in [5.41, 5.74) is 2.69. The number of hydrogen-bond donors (Lipinski definition) is 1. The van der Waals surface area contributed by atoms with E-state index in [0.717, 1.165) is 16.8 Å². The smallest absolute Gasteiger partial charge is 0.290 e. The number of amides is 1. The maximum Gasteiger partial charge on any atom is 0.290 e. The minimum absolute atomic E-state index is 0.191. The van der Waals surface area contributed by atoms with E-state index in [9.17, 15) is 4.79 Å². The third kappa shape index (κ3) is 3.11. The van der Waals surface area contributed by atoms with E-state index in [1.807, 2.05) is 24.3 Å². The monoisotopic (exact) mass is 280 g/mol. The Morgan fingerprint density at radius 3 is 2.90 bits per heavy atom. The van der Waals surface area contributed by atoms with E-state index in [0.29, 0.717) is 6.54 Å². The Kier molecular flexibility index (Phi) is 3.68. The topological polar surface area (TPSA) is 80.9 Å². The molecule has 3 rings (SSSR count). The van der Waals surface area contributed by atoms with E-state index < -0.39 is 0 Å². The fraction of sp³-hybridized carbons (Fsp3) is 0.0667. The molecule has 0 saturated heterocycles. The number of nitrogens with one attached hydrogen (secondary N) is 1. The molecule has 0 unspecified atom stereocenters. The second kappa shape index (κ2) is 5.96. The van der Waals surface area contributed by atoms with Crippen molar-refractivity contribution in [1.29, 1.82) is 0 Å². The summed E-state index contributed by atoms with van der Waals surface area (Å²) in [6.07, 6.45) is 6.60. The molecule has 0 radical (unpaired) electrons. The van der Waals surface area contributed by atoms with Crippen LogP contribution in [0.25, 0.3) is 11.3 Å². The fourth-order valence-electron chi connectivity index (χ4n) is 1.86. The molecule has 1 amide bonds. The van der Waals surface area contributed by atoms with Crippen molar-refractivity contribution >= 4 is 5.91 Å². The van der Waals surface area contributed by atoms with Gasteiger partial charge in [0.2, 0.25) is 5.76 Å². The Balaban J connectivity index is 1.71. The van der Waals surface area contributed by atoms with Crippen LogP contribution >= 0.6 is 0 Å². The maximum atomic E-state index is 11.8. The van der Waals surface area contributed by atoms with Crippen LogP contribution in [0.15, 0.2) is 59.6 Å². The van der Waals surface area contributed by atoms with Gasteiger partial charge in [-0.25, -0.2) is 0 Å². The van der Waals surface area contributed by atoms with Crippen LogP contribution in [0.2, 0.25) is 0 Å². The van der Waals surface area contributed by atoms with Crippen molar-refractivity contribution < 1.29 is 9.32 Å². The second-order valence-corrected chi connectivity index (χ2v) is 4.35. The highest BCUT2D eigenvalue weighted by Gasteiger charge is 2.09. The lowest BCUT2D eigenvalue weighted by atomic mass is 10.1. The number of nitrogens with zero attached hydrogens (tertiary/aromatic N) is 3. The van der Waals surface area contributed by atoms with Crippen molar-refractivity contribution in [2.45, 2.75) is 6.54 Å². The van der Waals surface area contributed by atoms with E-state index in [4.69, 9.17) is 4.52 Å². The molecule has 0 aliphatic carbocycles. The fourth-order valence-corrected chi connectivity index (χ4v) is 1.86. The normalized spacial score (nSPS) is 10.3. The number of aromatic nitrogens is 3. The molecule has 0 fully saturated rings. The first-order valence-corrected chi connectivity index (χ1v) is 6.37. The van der Waals surface area contributed by atoms with Crippen LogP contribution in [0, 0.1) is 0 Å². The van der Waals surface area contributed by atoms with Crippen molar-refractivity contribution in [3.8, 4) is 11.3 Å². The first kappa shape index (κ1) is 13.0. The van der Waals surface area contributed by atoms with E-state index in [2.05, 4.69) is 20.4 Å². The standard InChI is InChI=1S/C15H12N4O2/c20-15(14-4-7-19-21-14)18-9-11-3-6-17-13(8-11)12-2-1-5-16-10-12/h1-8,10H,9H2,(H,18,20). The van der Waals surface area contributed by atoms with Gasteiger partial charge in [0.25, 0.3) is 5.91 Å². The Morgan fingerprint density at radius 2 is 2.14 bits per heavy atom. The molecule has 0 spiro atoms. The van der Waals surface area contributed by atoms with E-state index in [1.54, 1.807) is 18.6 Å². The average Bonchev–Trinajstić information content (AvgIpc) is 3.08. The molecule has 6 nitrogen and oxygen atoms in total. The van der Waals surface area contributed by atoms with Gasteiger partial charge < -0.3 is 9.84 Å². The zero-order chi connectivity index (χ0) is 14.5. The molecule has 3 aromatic rings. The zero-order valence-corrected chi connectivity index (χ0v) is 11.1. The van der Waals surface area contributed by atoms with Gasteiger partial charge in [-0.2, -0.15) is 0 Å². The molecule has 0 bridgehead atoms. The predicted octanol–water partition coefficient (Wildman–Crippen LogP) is 2.06. The highest BCUT2D eigenvalue weighted by atomic mass is 16.5. The van der Waals surface area contributed by atoms with Crippen LogP contribution in [0.1, 0.15) is 16.1 Å². The Labute approximate surface area is 120 Å². The Hall–Kier alpha value is -3.02. The average molecular weight is 280 g/mol. The van der Waals surface area contributed by atoms with E-state index >= 15 is 0 Å². The molecule has 21 heavy (non-hydrogen) atoms. The molecular weight excluding hydrogens is 268 g/mol. The molecule has 0 aromatic carbocycles. The molecule has 0 saturated carbocycles. The minimum Gasteiger partial charge on any atom is -0.351 e. The summed E-state index contributed by atoms with van der Waals surface area (Å²) in [4.78, 5) is 20.1. The first-order chi connectivity index (χ1) is 10.3. The van der Waals surface area contributed by atoms with Gasteiger partial charge >= 0.3 is 0 Å². The molecule has 0 aliphatic rings. The predicted molar refractivity (Wildman–Crippen MR) is 75.1 cm³/mol. The van der Waals surface area contributed by atoms with Crippen LogP contribution in [-0.2, 0) is 6.54 Å². The number of hydrogen-bond acceptors (Lipinski definition) is 5. The lowest BCUT2D eigenvalue weighted by Gasteiger charge is -2.05. The van der Waals surface area contributed by atoms with Gasteiger partial charge in [-0.1, -0.05) is 5.16 Å². The summed E-state index contributed by atoms with van der Waals surface area (Å²) in [6, 6.07) is 9.07. The molecule has 1 N–H and O–H groups in total. The lowest BCUT2D eigenvalue weighted by Crippen LogP contribution is -2.22. The highest BCUT2D eigenvalue weighted by Crippen LogP contribution is 2.16. The second-order valence-electron chi connectivity index (χ2n) is 4.35. The largest absolute Gasteiger partial charge is 0.351 e. The van der Waals surface area contributed by atoms with Crippen LogP contribution in [-0.4, -0.2) is 21.0 Å². The van der Waals surface area contributed by atoms with Crippen molar-refractivity contribution in [2.75, 3.05) is 0 Å². The lowest BCUT2D eigenvalue weighted by molar-refractivity contribution is 0.0914. The van der Waals surface area contributed by atoms with Gasteiger partial charge in [-0.05, 0) is 29.8 Å². The SMILES string of the molecule is O=C(NCc1ccnc(-c2cccnc2)c1)c1ccno1. The van der Waals surface area contributed by atoms with Gasteiger partial charge in [-0.3, -0.25) is 14.8 Å². The minimum atomic E-state index is -0.299. The van der Waals surface area contributed by atoms with Crippen LogP contribution in [0.3, 0.4) is 0 Å². The number of pyridine rings is 2. The molecule has 3 aromatic heterocycles. The third-order valence-electron chi connectivity index (χ3n) is 2.90. The maximum absolute atomic E-state index is 11.8. The molecule has 6 heteroatoms. The van der Waals surface area contributed by atoms with E-state index in [-0.39, 0.29) is 11.7 Å². The van der Waals surface area contributed by atoms with Gasteiger partial charge in [0.05, 0.1) is 11.9 Å². The number of rotatable bonds is 4. The van der Waals surface area contributed by atoms with Crippen LogP contribution in [0.5, 0.6) is 0 Å². The molecule has 104 valence electrons. The van der Waals surface area contributed by atoms with Crippen molar-refractivity contribution in [1.82, 2.24) is 20.4 Å². The number of carbonyl (C=O) groups excluding carboxylic acids is 1. The Bertz CT molecular complexity index is 726. The quantitative estimate of drug-likeness (QED) is 0.791. The summed E-state index contributed by atoms with van der Waals surface area (Å²) in [6.45, 7) is 0.384. The van der Waals surface area contributed by atoms with Gasteiger partial charge in [0.1, 0.15) is 0 Å². The summed E-state index contributed by atoms with van der Waals surface area (Å²) in [7, 11) is 0. The van der Waals surface area contributed by atoms with Gasteiger partial charge in [0.15, 0.2) is 0 Å². The van der Waals surface area contributed by atoms with Crippen molar-refractivity contribution in [3.63, 3.8) is 0 Å².